The van der Waals surface area contributed by atoms with E-state index in [0.29, 0.717) is 25.7 Å². The Morgan fingerprint density at radius 3 is 1.51 bits per heavy atom. The topological polar surface area (TPSA) is 501 Å². The van der Waals surface area contributed by atoms with Gasteiger partial charge in [-0.15, -0.1) is 0 Å². The van der Waals surface area contributed by atoms with Crippen LogP contribution in [0, 0.1) is 23.7 Å². The quantitative estimate of drug-likeness (QED) is 0.0172. The fourth-order valence-corrected chi connectivity index (χ4v) is 9.19. The molecule has 0 unspecified atom stereocenters. The standard InChI is InChI=1S/C58H100N18O13/c1-11-30(5)42-53(86)66-27-39(50(83)67-34(9)46(79)68-36(47(80)73-42)22-18-24-64-57(59)60)70-52(85)41(29-78)72-55(88)44(32(7)13-3)76-56(89)45(33(8)14-4)74-48(81)37(23-19-25-65-58(61)62)69-51(84)40(28-77)71-54(87)43(31(6)12-2)75-49(82)38(63-10)26-35-20-16-15-17-21-35/h15-17,20-21,30-34,36-45,63,77-78H,11-14,18-19,22-29H2,1-10H3,(H,66,86)(H,67,83)(H,68,79)(H,69,84)(H,70,85)(H,71,87)(H,72,88)(H,73,80)(H,74,81)(H,75,82)(H,76,89)(H4,59,60,64)(H4,61,62,65)/t30-,31-,32-,33-,34-,36-,37+,38+,39+,40-,41-,42-,43-,44-,45+/m0/s1. The van der Waals surface area contributed by atoms with Gasteiger partial charge in [0.1, 0.15) is 60.4 Å². The van der Waals surface area contributed by atoms with E-state index in [1.165, 1.54) is 6.92 Å². The Morgan fingerprint density at radius 2 is 1.02 bits per heavy atom. The van der Waals surface area contributed by atoms with Gasteiger partial charge in [0.2, 0.25) is 65.0 Å². The Morgan fingerprint density at radius 1 is 0.562 bits per heavy atom. The van der Waals surface area contributed by atoms with Crippen molar-refractivity contribution in [1.29, 1.82) is 0 Å². The Bertz CT molecular complexity index is 2570. The van der Waals surface area contributed by atoms with Gasteiger partial charge in [0.15, 0.2) is 11.9 Å². The largest absolute Gasteiger partial charge is 0.394 e. The average molecular weight is 1260 g/mol. The summed E-state index contributed by atoms with van der Waals surface area (Å²) in [6.45, 7) is 12.7. The van der Waals surface area contributed by atoms with E-state index in [4.69, 9.17) is 22.9 Å². The molecule has 11 amide bonds. The lowest BCUT2D eigenvalue weighted by Gasteiger charge is -2.31. The SMILES string of the molecule is CC[C@H](C)[C@@H]1NC(=O)[C@H](CCCN=C(N)N)NC(=O)[C@H](C)NC(=O)[C@H](NC(=O)[C@H](CO)NC(=O)[C@@H](NC(=O)[C@H](NC(=O)[C@@H](CCCN=C(N)N)NC(=O)[C@H](CO)NC(=O)[C@@H](NC(=O)[C@@H](Cc2ccccc2)NC)[C@@H](C)CC)[C@@H](C)CC)[C@@H](C)CC)CNC1=O. The lowest BCUT2D eigenvalue weighted by atomic mass is 9.94. The van der Waals surface area contributed by atoms with Crippen LogP contribution in [-0.2, 0) is 59.2 Å². The van der Waals surface area contributed by atoms with E-state index in [-0.39, 0.29) is 57.1 Å². The highest BCUT2D eigenvalue weighted by Crippen LogP contribution is 2.16. The second-order valence-corrected chi connectivity index (χ2v) is 22.6. The summed E-state index contributed by atoms with van der Waals surface area (Å²) in [4.78, 5) is 161. The van der Waals surface area contributed by atoms with E-state index in [2.05, 4.69) is 73.8 Å². The lowest BCUT2D eigenvalue weighted by molar-refractivity contribution is -0.137. The Kier molecular flexibility index (Phi) is 34.3. The number of aliphatic imine (C=N–C) groups is 2. The molecule has 0 saturated carbocycles. The third-order valence-corrected chi connectivity index (χ3v) is 15.8. The normalized spacial score (nSPS) is 20.0. The van der Waals surface area contributed by atoms with Gasteiger partial charge in [0, 0.05) is 19.6 Å². The number of guanidine groups is 2. The molecule has 500 valence electrons. The van der Waals surface area contributed by atoms with E-state index in [0.717, 1.165) is 5.56 Å². The highest BCUT2D eigenvalue weighted by atomic mass is 16.3. The number of aliphatic hydroxyl groups is 2. The molecule has 1 saturated heterocycles. The Balaban J connectivity index is 2.41. The smallest absolute Gasteiger partial charge is 0.245 e. The van der Waals surface area contributed by atoms with Crippen molar-refractivity contribution < 1.29 is 63.0 Å². The predicted octanol–water partition coefficient (Wildman–Crippen LogP) is -4.91. The van der Waals surface area contributed by atoms with E-state index in [1.54, 1.807) is 55.5 Å². The molecule has 31 nitrogen and oxygen atoms in total. The van der Waals surface area contributed by atoms with E-state index in [9.17, 15) is 63.0 Å². The van der Waals surface area contributed by atoms with Crippen molar-refractivity contribution in [3.63, 3.8) is 0 Å². The number of nitrogens with two attached hydrogens (primary N) is 4. The second kappa shape index (κ2) is 39.7. The molecule has 15 atom stereocenters. The van der Waals surface area contributed by atoms with Crippen LogP contribution in [0.3, 0.4) is 0 Å². The van der Waals surface area contributed by atoms with Crippen molar-refractivity contribution in [2.45, 2.75) is 187 Å². The molecule has 0 bridgehead atoms. The monoisotopic (exact) mass is 1260 g/mol. The molecule has 89 heavy (non-hydrogen) atoms. The fraction of sp³-hybridized carbons (Fsp3) is 0.672. The van der Waals surface area contributed by atoms with Crippen LogP contribution in [0.15, 0.2) is 40.3 Å². The molecule has 0 aromatic heterocycles. The molecule has 2 rings (SSSR count). The Hall–Kier alpha value is -8.19. The highest BCUT2D eigenvalue weighted by Gasteiger charge is 2.39. The maximum absolute atomic E-state index is 14.5. The van der Waals surface area contributed by atoms with Crippen molar-refractivity contribution >= 4 is 76.9 Å². The Labute approximate surface area is 521 Å². The van der Waals surface area contributed by atoms with Gasteiger partial charge in [0.25, 0.3) is 0 Å². The summed E-state index contributed by atoms with van der Waals surface area (Å²) < 4.78 is 0. The van der Waals surface area contributed by atoms with Gasteiger partial charge in [0.05, 0.1) is 19.3 Å². The van der Waals surface area contributed by atoms with Gasteiger partial charge >= 0.3 is 0 Å². The first-order valence-corrected chi connectivity index (χ1v) is 30.5. The minimum Gasteiger partial charge on any atom is -0.394 e. The average Bonchev–Trinajstić information content (AvgIpc) is 3.42. The molecule has 1 fully saturated rings. The number of aliphatic hydroxyl groups excluding tert-OH is 2. The molecule has 1 aliphatic heterocycles. The van der Waals surface area contributed by atoms with E-state index < -0.39 is 175 Å². The summed E-state index contributed by atoms with van der Waals surface area (Å²) in [5.41, 5.74) is 22.8. The number of rotatable bonds is 35. The molecule has 0 spiro atoms. The molecule has 1 aliphatic rings. The fourth-order valence-electron chi connectivity index (χ4n) is 9.19. The number of amides is 11. The molecule has 0 radical (unpaired) electrons. The van der Waals surface area contributed by atoms with Gasteiger partial charge in [-0.3, -0.25) is 62.7 Å². The van der Waals surface area contributed by atoms with Crippen LogP contribution in [0.25, 0.3) is 0 Å². The van der Waals surface area contributed by atoms with Crippen LogP contribution >= 0.6 is 0 Å². The molecule has 22 N–H and O–H groups in total. The number of hydrogen-bond donors (Lipinski definition) is 18. The van der Waals surface area contributed by atoms with Crippen LogP contribution in [-0.4, -0.2) is 193 Å². The molecule has 1 heterocycles. The van der Waals surface area contributed by atoms with Crippen molar-refractivity contribution in [1.82, 2.24) is 63.8 Å². The van der Waals surface area contributed by atoms with Crippen molar-refractivity contribution in [3.8, 4) is 0 Å². The first kappa shape index (κ1) is 76.9. The summed E-state index contributed by atoms with van der Waals surface area (Å²) >= 11 is 0. The number of carbonyl (C=O) groups excluding carboxylic acids is 11. The predicted molar refractivity (Wildman–Crippen MR) is 333 cm³/mol. The number of nitrogens with zero attached hydrogens (tertiary/aromatic N) is 2. The zero-order valence-electron chi connectivity index (χ0n) is 53.0. The molecule has 31 heteroatoms. The summed E-state index contributed by atoms with van der Waals surface area (Å²) in [5.74, 6) is -11.8. The number of hydrogen-bond acceptors (Lipinski definition) is 16. The van der Waals surface area contributed by atoms with Gasteiger partial charge in [-0.25, -0.2) is 0 Å². The summed E-state index contributed by atoms with van der Waals surface area (Å²) in [7, 11) is 1.61. The maximum Gasteiger partial charge on any atom is 0.245 e. The number of benzene rings is 1. The number of likely N-dealkylation sites (N-methyl/N-ethyl adjacent to an activating group) is 1. The minimum atomic E-state index is -1.78. The molecule has 1 aromatic rings. The van der Waals surface area contributed by atoms with Crippen LogP contribution < -0.4 is 86.7 Å². The van der Waals surface area contributed by atoms with Gasteiger partial charge in [-0.05, 0) is 75.3 Å². The number of carbonyl (C=O) groups is 11. The van der Waals surface area contributed by atoms with E-state index >= 15 is 0 Å². The van der Waals surface area contributed by atoms with Crippen molar-refractivity contribution in [2.24, 2.45) is 56.6 Å². The lowest BCUT2D eigenvalue weighted by Crippen LogP contribution is -2.63. The summed E-state index contributed by atoms with van der Waals surface area (Å²) in [5, 5.41) is 52.4. The van der Waals surface area contributed by atoms with Crippen LogP contribution in [0.1, 0.15) is 119 Å². The summed E-state index contributed by atoms with van der Waals surface area (Å²) in [6, 6.07) is -5.55. The summed E-state index contributed by atoms with van der Waals surface area (Å²) in [6.07, 6.45) is 2.03. The van der Waals surface area contributed by atoms with Gasteiger partial charge in [-0.2, -0.15) is 0 Å². The van der Waals surface area contributed by atoms with Gasteiger partial charge in [-0.1, -0.05) is 111 Å². The molecular formula is C58H100N18O13. The molecule has 1 aromatic carbocycles. The van der Waals surface area contributed by atoms with Crippen molar-refractivity contribution in [2.75, 3.05) is 39.9 Å². The first-order chi connectivity index (χ1) is 42.1. The second-order valence-electron chi connectivity index (χ2n) is 22.6. The van der Waals surface area contributed by atoms with Crippen LogP contribution in [0.2, 0.25) is 0 Å². The first-order valence-electron chi connectivity index (χ1n) is 30.5. The third kappa shape index (κ3) is 25.8. The molecular weight excluding hydrogens is 1160 g/mol. The maximum atomic E-state index is 14.5. The number of nitrogens with one attached hydrogen (secondary N) is 12. The zero-order valence-corrected chi connectivity index (χ0v) is 53.0. The van der Waals surface area contributed by atoms with Crippen LogP contribution in [0.5, 0.6) is 0 Å². The van der Waals surface area contributed by atoms with Gasteiger partial charge < -0.3 is 96.9 Å². The van der Waals surface area contributed by atoms with Crippen LogP contribution in [0.4, 0.5) is 0 Å². The van der Waals surface area contributed by atoms with Crippen molar-refractivity contribution in [3.05, 3.63) is 35.9 Å². The highest BCUT2D eigenvalue weighted by molar-refractivity contribution is 6.00. The third-order valence-electron chi connectivity index (χ3n) is 15.8. The molecule has 0 aliphatic carbocycles. The van der Waals surface area contributed by atoms with E-state index in [1.807, 2.05) is 37.3 Å². The zero-order chi connectivity index (χ0) is 67.1. The minimum absolute atomic E-state index is 0.0115.